The van der Waals surface area contributed by atoms with Crippen LogP contribution < -0.4 is 10.2 Å². The second-order valence-corrected chi connectivity index (χ2v) is 9.76. The molecule has 10 heteroatoms. The molecular formula is C25H24ClN5O3S. The lowest BCUT2D eigenvalue weighted by Crippen LogP contribution is -2.47. The Balaban J connectivity index is 1.41. The van der Waals surface area contributed by atoms with Gasteiger partial charge in [-0.05, 0) is 47.7 Å². The summed E-state index contributed by atoms with van der Waals surface area (Å²) in [5, 5.41) is 3.43. The van der Waals surface area contributed by atoms with E-state index in [2.05, 4.69) is 25.1 Å². The van der Waals surface area contributed by atoms with E-state index in [0.717, 1.165) is 84.5 Å². The second kappa shape index (κ2) is 10.3. The Labute approximate surface area is 212 Å². The summed E-state index contributed by atoms with van der Waals surface area (Å²) in [6, 6.07) is 11.7. The van der Waals surface area contributed by atoms with Gasteiger partial charge in [0, 0.05) is 50.8 Å². The fourth-order valence-electron chi connectivity index (χ4n) is 4.31. The van der Waals surface area contributed by atoms with Crippen LogP contribution in [0, 0.1) is 0 Å². The highest BCUT2D eigenvalue weighted by Crippen LogP contribution is 2.34. The number of aromatic nitrogens is 2. The summed E-state index contributed by atoms with van der Waals surface area (Å²) in [6.45, 7) is 5.44. The van der Waals surface area contributed by atoms with Gasteiger partial charge in [-0.1, -0.05) is 23.7 Å². The van der Waals surface area contributed by atoms with Gasteiger partial charge in [-0.25, -0.2) is 9.97 Å². The molecule has 0 radical (unpaired) electrons. The van der Waals surface area contributed by atoms with Gasteiger partial charge in [0.15, 0.2) is 0 Å². The van der Waals surface area contributed by atoms with Gasteiger partial charge in [0.05, 0.1) is 33.4 Å². The third-order valence-corrected chi connectivity index (χ3v) is 7.26. The zero-order valence-corrected chi connectivity index (χ0v) is 20.7. The molecule has 0 aliphatic carbocycles. The van der Waals surface area contributed by atoms with Crippen LogP contribution in [-0.2, 0) is 9.53 Å². The molecule has 2 amide bonds. The standard InChI is InChI=1S/C25H24ClN5O3S/c1-34-11-10-30-6-8-31(9-7-30)21-5-3-17(14-19(21)26)23-18-12-16(2-4-20(18)27-15-28-23)13-22-24(32)29-25(33)35-22/h2-5,12-15H,6-11H2,1H3,(H,29,32,33). The van der Waals surface area contributed by atoms with Gasteiger partial charge in [0.2, 0.25) is 0 Å². The van der Waals surface area contributed by atoms with Gasteiger partial charge in [-0.15, -0.1) is 0 Å². The number of hydrogen-bond donors (Lipinski definition) is 1. The number of carbonyl (C=O) groups excluding carboxylic acids is 2. The van der Waals surface area contributed by atoms with Crippen LogP contribution >= 0.6 is 23.4 Å². The minimum Gasteiger partial charge on any atom is -0.383 e. The summed E-state index contributed by atoms with van der Waals surface area (Å²) < 4.78 is 5.19. The van der Waals surface area contributed by atoms with Crippen molar-refractivity contribution < 1.29 is 14.3 Å². The molecule has 5 rings (SSSR count). The lowest BCUT2D eigenvalue weighted by Gasteiger charge is -2.36. The summed E-state index contributed by atoms with van der Waals surface area (Å²) in [7, 11) is 1.73. The van der Waals surface area contributed by atoms with Gasteiger partial charge >= 0.3 is 0 Å². The van der Waals surface area contributed by atoms with E-state index in [1.807, 2.05) is 36.4 Å². The van der Waals surface area contributed by atoms with Crippen LogP contribution in [0.4, 0.5) is 10.5 Å². The van der Waals surface area contributed by atoms with Crippen LogP contribution in [0.25, 0.3) is 28.2 Å². The average Bonchev–Trinajstić information content (AvgIpc) is 3.18. The van der Waals surface area contributed by atoms with Gasteiger partial charge in [0.1, 0.15) is 6.33 Å². The van der Waals surface area contributed by atoms with Crippen molar-refractivity contribution in [2.45, 2.75) is 0 Å². The van der Waals surface area contributed by atoms with Crippen molar-refractivity contribution in [2.75, 3.05) is 51.3 Å². The molecule has 2 fully saturated rings. The van der Waals surface area contributed by atoms with E-state index in [0.29, 0.717) is 9.93 Å². The third-order valence-electron chi connectivity index (χ3n) is 6.14. The second-order valence-electron chi connectivity index (χ2n) is 8.34. The average molecular weight is 510 g/mol. The van der Waals surface area contributed by atoms with E-state index in [-0.39, 0.29) is 11.1 Å². The first-order valence-corrected chi connectivity index (χ1v) is 12.5. The molecule has 2 saturated heterocycles. The Morgan fingerprint density at radius 3 is 2.66 bits per heavy atom. The zero-order chi connectivity index (χ0) is 24.4. The first-order chi connectivity index (χ1) is 17.0. The molecule has 3 aromatic rings. The number of nitrogens with one attached hydrogen (secondary N) is 1. The molecule has 2 aromatic carbocycles. The molecule has 0 unspecified atom stereocenters. The van der Waals surface area contributed by atoms with Gasteiger partial charge in [-0.3, -0.25) is 19.8 Å². The van der Waals surface area contributed by atoms with Crippen LogP contribution in [0.15, 0.2) is 47.6 Å². The number of ether oxygens (including phenoxy) is 1. The Bertz CT molecular complexity index is 1320. The maximum atomic E-state index is 11.9. The molecule has 3 heterocycles. The smallest absolute Gasteiger partial charge is 0.290 e. The number of amides is 2. The largest absolute Gasteiger partial charge is 0.383 e. The van der Waals surface area contributed by atoms with Crippen LogP contribution in [0.5, 0.6) is 0 Å². The summed E-state index contributed by atoms with van der Waals surface area (Å²) in [5.74, 6) is -0.383. The zero-order valence-electron chi connectivity index (χ0n) is 19.2. The Hall–Kier alpha value is -2.98. The van der Waals surface area contributed by atoms with Crippen LogP contribution in [-0.4, -0.2) is 72.5 Å². The quantitative estimate of drug-likeness (QED) is 0.498. The van der Waals surface area contributed by atoms with Crippen molar-refractivity contribution in [3.63, 3.8) is 0 Å². The van der Waals surface area contributed by atoms with Crippen molar-refractivity contribution in [3.05, 3.63) is 58.2 Å². The van der Waals surface area contributed by atoms with Crippen molar-refractivity contribution >= 4 is 57.2 Å². The van der Waals surface area contributed by atoms with Gasteiger partial charge < -0.3 is 9.64 Å². The number of fused-ring (bicyclic) bond motifs is 1. The molecule has 180 valence electrons. The number of rotatable bonds is 6. The third kappa shape index (κ3) is 5.18. The molecule has 0 saturated carbocycles. The fourth-order valence-corrected chi connectivity index (χ4v) is 5.29. The number of benzene rings is 2. The number of nitrogens with zero attached hydrogens (tertiary/aromatic N) is 4. The maximum Gasteiger partial charge on any atom is 0.290 e. The van der Waals surface area contributed by atoms with E-state index in [1.165, 1.54) is 6.33 Å². The lowest BCUT2D eigenvalue weighted by molar-refractivity contribution is -0.115. The SMILES string of the molecule is COCCN1CCN(c2ccc(-c3ncnc4ccc(C=C5SC(=O)NC5=O)cc34)cc2Cl)CC1. The Morgan fingerprint density at radius 2 is 1.94 bits per heavy atom. The number of anilines is 1. The Morgan fingerprint density at radius 1 is 1.11 bits per heavy atom. The predicted octanol–water partition coefficient (Wildman–Crippen LogP) is 4.04. The molecule has 0 bridgehead atoms. The highest BCUT2D eigenvalue weighted by Gasteiger charge is 2.25. The monoisotopic (exact) mass is 509 g/mol. The van der Waals surface area contributed by atoms with Crippen LogP contribution in [0.1, 0.15) is 5.56 Å². The first-order valence-electron chi connectivity index (χ1n) is 11.3. The van der Waals surface area contributed by atoms with E-state index in [1.54, 1.807) is 13.2 Å². The van der Waals surface area contributed by atoms with E-state index in [9.17, 15) is 9.59 Å². The molecule has 0 spiro atoms. The first kappa shape index (κ1) is 23.7. The normalized spacial score (nSPS) is 18.0. The summed E-state index contributed by atoms with van der Waals surface area (Å²) in [4.78, 5) is 37.4. The lowest BCUT2D eigenvalue weighted by atomic mass is 10.0. The number of hydrogen-bond acceptors (Lipinski definition) is 8. The molecule has 35 heavy (non-hydrogen) atoms. The number of imide groups is 1. The molecular weight excluding hydrogens is 486 g/mol. The molecule has 0 atom stereocenters. The summed E-state index contributed by atoms with van der Waals surface area (Å²) in [6.07, 6.45) is 3.24. The number of methoxy groups -OCH3 is 1. The van der Waals surface area contributed by atoms with Gasteiger partial charge in [0.25, 0.3) is 11.1 Å². The Kier molecular flexibility index (Phi) is 7.01. The highest BCUT2D eigenvalue weighted by atomic mass is 35.5. The van der Waals surface area contributed by atoms with Crippen molar-refractivity contribution in [1.82, 2.24) is 20.2 Å². The maximum absolute atomic E-state index is 11.9. The van der Waals surface area contributed by atoms with Crippen LogP contribution in [0.3, 0.4) is 0 Å². The van der Waals surface area contributed by atoms with Crippen molar-refractivity contribution in [1.29, 1.82) is 0 Å². The van der Waals surface area contributed by atoms with E-state index < -0.39 is 0 Å². The minimum absolute atomic E-state index is 0.363. The van der Waals surface area contributed by atoms with Crippen molar-refractivity contribution in [2.24, 2.45) is 0 Å². The molecule has 2 aliphatic heterocycles. The topological polar surface area (TPSA) is 87.7 Å². The number of piperazine rings is 1. The summed E-state index contributed by atoms with van der Waals surface area (Å²) >= 11 is 7.65. The fraction of sp³-hybridized carbons (Fsp3) is 0.280. The predicted molar refractivity (Wildman–Crippen MR) is 140 cm³/mol. The highest BCUT2D eigenvalue weighted by molar-refractivity contribution is 8.18. The summed E-state index contributed by atoms with van der Waals surface area (Å²) in [5.41, 5.74) is 4.23. The number of halogens is 1. The van der Waals surface area contributed by atoms with E-state index >= 15 is 0 Å². The number of carbonyl (C=O) groups is 2. The van der Waals surface area contributed by atoms with Crippen molar-refractivity contribution in [3.8, 4) is 11.3 Å². The molecule has 1 aromatic heterocycles. The number of thioether (sulfide) groups is 1. The molecule has 8 nitrogen and oxygen atoms in total. The van der Waals surface area contributed by atoms with Crippen LogP contribution in [0.2, 0.25) is 5.02 Å². The molecule has 2 aliphatic rings. The molecule has 1 N–H and O–H groups in total. The van der Waals surface area contributed by atoms with E-state index in [4.69, 9.17) is 16.3 Å². The minimum atomic E-state index is -0.383. The van der Waals surface area contributed by atoms with Gasteiger partial charge in [-0.2, -0.15) is 0 Å².